The van der Waals surface area contributed by atoms with Gasteiger partial charge in [-0.1, -0.05) is 55.0 Å². The lowest BCUT2D eigenvalue weighted by atomic mass is 9.95. The summed E-state index contributed by atoms with van der Waals surface area (Å²) in [4.78, 5) is 35.5. The van der Waals surface area contributed by atoms with Crippen molar-refractivity contribution in [3.8, 4) is 11.1 Å². The van der Waals surface area contributed by atoms with Crippen LogP contribution in [0.15, 0.2) is 48.5 Å². The summed E-state index contributed by atoms with van der Waals surface area (Å²) in [5, 5.41) is 14.4. The number of amides is 2. The molecule has 0 heterocycles. The Morgan fingerprint density at radius 1 is 0.939 bits per heavy atom. The summed E-state index contributed by atoms with van der Waals surface area (Å²) in [6.07, 6.45) is 2.57. The van der Waals surface area contributed by atoms with Crippen LogP contribution >= 0.6 is 0 Å². The average molecular weight is 451 g/mol. The Morgan fingerprint density at radius 2 is 1.61 bits per heavy atom. The first-order valence-corrected chi connectivity index (χ1v) is 11.6. The van der Waals surface area contributed by atoms with E-state index < -0.39 is 12.1 Å². The summed E-state index contributed by atoms with van der Waals surface area (Å²) in [6, 6.07) is 16.4. The molecule has 174 valence electrons. The molecule has 0 aromatic heterocycles. The van der Waals surface area contributed by atoms with Crippen LogP contribution in [0.3, 0.4) is 0 Å². The molecule has 2 aliphatic carbocycles. The molecule has 2 aliphatic rings. The van der Waals surface area contributed by atoms with E-state index in [9.17, 15) is 14.4 Å². The molecule has 0 bridgehead atoms. The molecular formula is C26H30N2O5. The summed E-state index contributed by atoms with van der Waals surface area (Å²) in [5.74, 6) is -1.01. The van der Waals surface area contributed by atoms with Crippen LogP contribution < -0.4 is 10.6 Å². The third-order valence-corrected chi connectivity index (χ3v) is 6.71. The lowest BCUT2D eigenvalue weighted by Gasteiger charge is -2.20. The standard InChI is InChI=1S/C26H30N2O5/c29-24(30)13-6-14-27-25(31)18-12-5-7-17(18)15-28-26(32)33-16-23-21-10-3-1-8-19(21)20-9-2-4-11-22(20)23/h1-4,8-11,17-18,23H,5-7,12-16H2,(H,27,31)(H,28,32)(H,29,30). The molecule has 1 saturated carbocycles. The molecule has 0 saturated heterocycles. The van der Waals surface area contributed by atoms with E-state index in [-0.39, 0.29) is 36.7 Å². The maximum Gasteiger partial charge on any atom is 0.407 e. The van der Waals surface area contributed by atoms with E-state index in [1.54, 1.807) is 0 Å². The van der Waals surface area contributed by atoms with E-state index in [2.05, 4.69) is 34.9 Å². The summed E-state index contributed by atoms with van der Waals surface area (Å²) in [5.41, 5.74) is 4.71. The van der Waals surface area contributed by atoms with Crippen LogP contribution in [0.25, 0.3) is 11.1 Å². The molecule has 2 amide bonds. The topological polar surface area (TPSA) is 105 Å². The first kappa shape index (κ1) is 22.8. The van der Waals surface area contributed by atoms with Crippen molar-refractivity contribution in [2.24, 2.45) is 11.8 Å². The van der Waals surface area contributed by atoms with Crippen LogP contribution in [0.2, 0.25) is 0 Å². The third-order valence-electron chi connectivity index (χ3n) is 6.71. The highest BCUT2D eigenvalue weighted by molar-refractivity contribution is 5.80. The van der Waals surface area contributed by atoms with Crippen molar-refractivity contribution in [3.63, 3.8) is 0 Å². The number of rotatable bonds is 9. The van der Waals surface area contributed by atoms with Crippen LogP contribution in [0, 0.1) is 11.8 Å². The SMILES string of the molecule is O=C(O)CCCNC(=O)C1CCCC1CNC(=O)OCC1c2ccccc2-c2ccccc21. The van der Waals surface area contributed by atoms with Gasteiger partial charge in [0.15, 0.2) is 0 Å². The van der Waals surface area contributed by atoms with Gasteiger partial charge in [0.05, 0.1) is 0 Å². The van der Waals surface area contributed by atoms with Gasteiger partial charge >= 0.3 is 12.1 Å². The number of carboxylic acid groups (broad SMARTS) is 1. The Morgan fingerprint density at radius 3 is 2.27 bits per heavy atom. The van der Waals surface area contributed by atoms with Gasteiger partial charge in [0.25, 0.3) is 0 Å². The molecule has 0 aliphatic heterocycles. The van der Waals surface area contributed by atoms with Crippen molar-refractivity contribution < 1.29 is 24.2 Å². The van der Waals surface area contributed by atoms with E-state index in [1.165, 1.54) is 22.3 Å². The number of carboxylic acids is 1. The third kappa shape index (κ3) is 5.35. The highest BCUT2D eigenvalue weighted by atomic mass is 16.5. The van der Waals surface area contributed by atoms with Gasteiger partial charge in [0, 0.05) is 31.3 Å². The van der Waals surface area contributed by atoms with E-state index >= 15 is 0 Å². The number of carbonyl (C=O) groups is 3. The van der Waals surface area contributed by atoms with E-state index in [0.29, 0.717) is 19.5 Å². The highest BCUT2D eigenvalue weighted by Gasteiger charge is 2.33. The number of alkyl carbamates (subject to hydrolysis) is 1. The predicted molar refractivity (Wildman–Crippen MR) is 124 cm³/mol. The maximum atomic E-state index is 12.5. The van der Waals surface area contributed by atoms with Gasteiger partial charge in [0.1, 0.15) is 6.61 Å². The minimum absolute atomic E-state index is 0.0129. The zero-order valence-corrected chi connectivity index (χ0v) is 18.6. The molecule has 2 atom stereocenters. The maximum absolute atomic E-state index is 12.5. The summed E-state index contributed by atoms with van der Waals surface area (Å²) >= 11 is 0. The normalized spacial score (nSPS) is 18.9. The molecule has 7 nitrogen and oxygen atoms in total. The number of nitrogens with one attached hydrogen (secondary N) is 2. The molecule has 2 aromatic carbocycles. The molecule has 33 heavy (non-hydrogen) atoms. The molecule has 3 N–H and O–H groups in total. The van der Waals surface area contributed by atoms with Crippen molar-refractivity contribution in [2.45, 2.75) is 38.0 Å². The van der Waals surface area contributed by atoms with Crippen molar-refractivity contribution in [1.29, 1.82) is 0 Å². The van der Waals surface area contributed by atoms with E-state index in [1.807, 2.05) is 24.3 Å². The van der Waals surface area contributed by atoms with E-state index in [0.717, 1.165) is 19.3 Å². The Hall–Kier alpha value is -3.35. The Bertz CT molecular complexity index is 976. The number of ether oxygens (including phenoxy) is 1. The Balaban J connectivity index is 1.26. The van der Waals surface area contributed by atoms with Crippen molar-refractivity contribution in [2.75, 3.05) is 19.7 Å². The second-order valence-corrected chi connectivity index (χ2v) is 8.79. The molecule has 2 unspecified atom stereocenters. The largest absolute Gasteiger partial charge is 0.481 e. The van der Waals surface area contributed by atoms with Gasteiger partial charge in [-0.2, -0.15) is 0 Å². The lowest BCUT2D eigenvalue weighted by molar-refractivity contribution is -0.137. The minimum atomic E-state index is -0.865. The second kappa shape index (κ2) is 10.5. The average Bonchev–Trinajstić information content (AvgIpc) is 3.42. The highest BCUT2D eigenvalue weighted by Crippen LogP contribution is 2.44. The predicted octanol–water partition coefficient (Wildman–Crippen LogP) is 3.92. The molecule has 0 spiro atoms. The molecule has 0 radical (unpaired) electrons. The monoisotopic (exact) mass is 450 g/mol. The molecular weight excluding hydrogens is 420 g/mol. The van der Waals surface area contributed by atoms with Crippen LogP contribution in [-0.2, 0) is 14.3 Å². The minimum Gasteiger partial charge on any atom is -0.481 e. The smallest absolute Gasteiger partial charge is 0.407 e. The summed E-state index contributed by atoms with van der Waals surface area (Å²) < 4.78 is 5.59. The Labute approximate surface area is 193 Å². The van der Waals surface area contributed by atoms with Crippen LogP contribution in [0.5, 0.6) is 0 Å². The Kier molecular flexibility index (Phi) is 7.27. The summed E-state index contributed by atoms with van der Waals surface area (Å²) in [6.45, 7) is 1.01. The van der Waals surface area contributed by atoms with Crippen LogP contribution in [0.4, 0.5) is 4.79 Å². The van der Waals surface area contributed by atoms with Gasteiger partial charge in [-0.25, -0.2) is 4.79 Å². The molecule has 7 heteroatoms. The van der Waals surface area contributed by atoms with E-state index in [4.69, 9.17) is 9.84 Å². The van der Waals surface area contributed by atoms with Gasteiger partial charge in [0.2, 0.25) is 5.91 Å². The first-order chi connectivity index (χ1) is 16.0. The van der Waals surface area contributed by atoms with Crippen molar-refractivity contribution >= 4 is 18.0 Å². The number of hydrogen-bond acceptors (Lipinski definition) is 4. The quantitative estimate of drug-likeness (QED) is 0.502. The van der Waals surface area contributed by atoms with Crippen molar-refractivity contribution in [1.82, 2.24) is 10.6 Å². The second-order valence-electron chi connectivity index (χ2n) is 8.79. The van der Waals surface area contributed by atoms with Gasteiger partial charge in [-0.15, -0.1) is 0 Å². The zero-order valence-electron chi connectivity index (χ0n) is 18.6. The number of hydrogen-bond donors (Lipinski definition) is 3. The van der Waals surface area contributed by atoms with Crippen LogP contribution in [0.1, 0.15) is 49.1 Å². The number of benzene rings is 2. The fourth-order valence-corrected chi connectivity index (χ4v) is 5.07. The van der Waals surface area contributed by atoms with Crippen molar-refractivity contribution in [3.05, 3.63) is 59.7 Å². The molecule has 1 fully saturated rings. The number of aliphatic carboxylic acids is 1. The van der Waals surface area contributed by atoms with Gasteiger partial charge in [-0.05, 0) is 47.4 Å². The molecule has 4 rings (SSSR count). The van der Waals surface area contributed by atoms with Gasteiger partial charge < -0.3 is 20.5 Å². The zero-order chi connectivity index (χ0) is 23.2. The fourth-order valence-electron chi connectivity index (χ4n) is 5.07. The summed E-state index contributed by atoms with van der Waals surface area (Å²) in [7, 11) is 0. The van der Waals surface area contributed by atoms with Crippen LogP contribution in [-0.4, -0.2) is 42.8 Å². The van der Waals surface area contributed by atoms with Gasteiger partial charge in [-0.3, -0.25) is 9.59 Å². The number of carbonyl (C=O) groups excluding carboxylic acids is 2. The fraction of sp³-hybridized carbons (Fsp3) is 0.423. The molecule has 2 aromatic rings. The lowest BCUT2D eigenvalue weighted by Crippen LogP contribution is -2.38. The number of fused-ring (bicyclic) bond motifs is 3. The first-order valence-electron chi connectivity index (χ1n) is 11.6.